The van der Waals surface area contributed by atoms with E-state index in [-0.39, 0.29) is 0 Å². The van der Waals surface area contributed by atoms with E-state index in [4.69, 9.17) is 0 Å². The van der Waals surface area contributed by atoms with Gasteiger partial charge in [-0.2, -0.15) is 0 Å². The Morgan fingerprint density at radius 1 is 0.900 bits per heavy atom. The molecule has 1 heterocycles. The van der Waals surface area contributed by atoms with Crippen LogP contribution in [0.1, 0.15) is 38.5 Å². The van der Waals surface area contributed by atoms with Crippen LogP contribution in [0.15, 0.2) is 30.6 Å². The van der Waals surface area contributed by atoms with Gasteiger partial charge in [0.15, 0.2) is 0 Å². The third kappa shape index (κ3) is 2.49. The lowest BCUT2D eigenvalue weighted by atomic mass is 9.82. The fourth-order valence-corrected chi connectivity index (χ4v) is 3.64. The van der Waals surface area contributed by atoms with Crippen molar-refractivity contribution in [2.75, 3.05) is 5.32 Å². The van der Waals surface area contributed by atoms with Crippen molar-refractivity contribution in [3.63, 3.8) is 0 Å². The van der Waals surface area contributed by atoms with Crippen LogP contribution in [0.2, 0.25) is 0 Å². The van der Waals surface area contributed by atoms with Gasteiger partial charge in [0.05, 0.1) is 11.0 Å². The van der Waals surface area contributed by atoms with Crippen molar-refractivity contribution in [2.24, 2.45) is 11.8 Å². The van der Waals surface area contributed by atoms with E-state index in [9.17, 15) is 0 Å². The van der Waals surface area contributed by atoms with Gasteiger partial charge in [-0.25, -0.2) is 0 Å². The topological polar surface area (TPSA) is 37.8 Å². The summed E-state index contributed by atoms with van der Waals surface area (Å²) >= 11 is 0. The molecule has 2 unspecified atom stereocenters. The number of nitrogens with zero attached hydrogens (tertiary/aromatic N) is 2. The van der Waals surface area contributed by atoms with Crippen LogP contribution >= 0.6 is 0 Å². The second kappa shape index (κ2) is 5.04. The Morgan fingerprint density at radius 3 is 2.60 bits per heavy atom. The zero-order valence-electron chi connectivity index (χ0n) is 11.8. The molecule has 3 heteroatoms. The molecule has 2 saturated carbocycles. The molecule has 1 aromatic carbocycles. The quantitative estimate of drug-likeness (QED) is 0.913. The number of rotatable bonds is 3. The summed E-state index contributed by atoms with van der Waals surface area (Å²) in [6.45, 7) is 0. The van der Waals surface area contributed by atoms with Crippen molar-refractivity contribution in [3.05, 3.63) is 30.6 Å². The van der Waals surface area contributed by atoms with Crippen molar-refractivity contribution in [2.45, 2.75) is 44.6 Å². The number of anilines is 1. The predicted octanol–water partition coefficient (Wildman–Crippen LogP) is 4.01. The highest BCUT2D eigenvalue weighted by atomic mass is 14.9. The van der Waals surface area contributed by atoms with Gasteiger partial charge in [-0.3, -0.25) is 9.97 Å². The first-order valence-corrected chi connectivity index (χ1v) is 7.86. The zero-order valence-corrected chi connectivity index (χ0v) is 11.8. The summed E-state index contributed by atoms with van der Waals surface area (Å²) in [6, 6.07) is 6.97. The summed E-state index contributed by atoms with van der Waals surface area (Å²) in [6.07, 6.45) is 11.9. The molecular weight excluding hydrogens is 246 g/mol. The molecule has 2 aliphatic carbocycles. The molecule has 2 fully saturated rings. The highest BCUT2D eigenvalue weighted by Crippen LogP contribution is 2.44. The number of nitrogens with one attached hydrogen (secondary N) is 1. The molecule has 20 heavy (non-hydrogen) atoms. The lowest BCUT2D eigenvalue weighted by Gasteiger charge is -2.30. The second-order valence-electron chi connectivity index (χ2n) is 6.37. The monoisotopic (exact) mass is 267 g/mol. The summed E-state index contributed by atoms with van der Waals surface area (Å²) in [5.74, 6) is 2.02. The van der Waals surface area contributed by atoms with Crippen LogP contribution in [-0.2, 0) is 0 Å². The van der Waals surface area contributed by atoms with Crippen LogP contribution in [0.4, 0.5) is 5.69 Å². The fraction of sp³-hybridized carbons (Fsp3) is 0.529. The van der Waals surface area contributed by atoms with Crippen molar-refractivity contribution in [3.8, 4) is 0 Å². The predicted molar refractivity (Wildman–Crippen MR) is 81.6 cm³/mol. The van der Waals surface area contributed by atoms with Crippen LogP contribution in [0.3, 0.4) is 0 Å². The minimum absolute atomic E-state index is 0.642. The molecule has 0 amide bonds. The lowest BCUT2D eigenvalue weighted by molar-refractivity contribution is 0.303. The van der Waals surface area contributed by atoms with Crippen LogP contribution in [0, 0.1) is 11.8 Å². The molecule has 3 nitrogen and oxygen atoms in total. The summed E-state index contributed by atoms with van der Waals surface area (Å²) in [5.41, 5.74) is 3.14. The van der Waals surface area contributed by atoms with Gasteiger partial charge in [0.1, 0.15) is 0 Å². The third-order valence-electron chi connectivity index (χ3n) is 4.84. The lowest BCUT2D eigenvalue weighted by Crippen LogP contribution is -2.28. The Kier molecular flexibility index (Phi) is 3.06. The van der Waals surface area contributed by atoms with Crippen LogP contribution in [0.25, 0.3) is 11.0 Å². The van der Waals surface area contributed by atoms with Gasteiger partial charge in [0.25, 0.3) is 0 Å². The van der Waals surface area contributed by atoms with Gasteiger partial charge in [0.2, 0.25) is 0 Å². The maximum Gasteiger partial charge on any atom is 0.0907 e. The van der Waals surface area contributed by atoms with Gasteiger partial charge in [0, 0.05) is 24.1 Å². The normalized spacial score (nSPS) is 26.6. The van der Waals surface area contributed by atoms with Gasteiger partial charge >= 0.3 is 0 Å². The minimum Gasteiger partial charge on any atom is -0.382 e. The largest absolute Gasteiger partial charge is 0.382 e. The molecule has 0 bridgehead atoms. The molecule has 1 N–H and O–H groups in total. The Balaban J connectivity index is 1.48. The number of fused-ring (bicyclic) bond motifs is 1. The van der Waals surface area contributed by atoms with Crippen molar-refractivity contribution < 1.29 is 0 Å². The third-order valence-corrected chi connectivity index (χ3v) is 4.84. The smallest absolute Gasteiger partial charge is 0.0907 e. The summed E-state index contributed by atoms with van der Waals surface area (Å²) in [5, 5.41) is 3.72. The first-order valence-electron chi connectivity index (χ1n) is 7.86. The number of hydrogen-bond donors (Lipinski definition) is 1. The average molecular weight is 267 g/mol. The van der Waals surface area contributed by atoms with E-state index in [1.807, 2.05) is 0 Å². The Hall–Kier alpha value is -1.64. The maximum atomic E-state index is 4.39. The zero-order chi connectivity index (χ0) is 13.4. The van der Waals surface area contributed by atoms with Gasteiger partial charge in [-0.05, 0) is 55.7 Å². The maximum absolute atomic E-state index is 4.39. The first-order chi connectivity index (χ1) is 9.88. The number of benzene rings is 1. The minimum atomic E-state index is 0.642. The molecule has 0 saturated heterocycles. The van der Waals surface area contributed by atoms with Crippen molar-refractivity contribution in [1.82, 2.24) is 9.97 Å². The second-order valence-corrected chi connectivity index (χ2v) is 6.37. The Labute approximate surface area is 119 Å². The molecule has 104 valence electrons. The summed E-state index contributed by atoms with van der Waals surface area (Å²) < 4.78 is 0. The van der Waals surface area contributed by atoms with Gasteiger partial charge < -0.3 is 5.32 Å². The average Bonchev–Trinajstić information content (AvgIpc) is 3.32. The highest BCUT2D eigenvalue weighted by Gasteiger charge is 2.34. The highest BCUT2D eigenvalue weighted by molar-refractivity contribution is 5.78. The SMILES string of the molecule is c1cnc2cc(NC3CCCC(C4CC4)C3)ccc2n1. The Bertz CT molecular complexity index is 606. The molecule has 0 radical (unpaired) electrons. The molecule has 2 atom stereocenters. The van der Waals surface area contributed by atoms with Gasteiger partial charge in [-0.15, -0.1) is 0 Å². The van der Waals surface area contributed by atoms with E-state index in [0.29, 0.717) is 6.04 Å². The van der Waals surface area contributed by atoms with Gasteiger partial charge in [-0.1, -0.05) is 12.8 Å². The van der Waals surface area contributed by atoms with E-state index in [1.165, 1.54) is 44.2 Å². The van der Waals surface area contributed by atoms with Crippen LogP contribution < -0.4 is 5.32 Å². The van der Waals surface area contributed by atoms with E-state index >= 15 is 0 Å². The molecule has 4 rings (SSSR count). The first kappa shape index (κ1) is 12.1. The van der Waals surface area contributed by atoms with Crippen LogP contribution in [0.5, 0.6) is 0 Å². The van der Waals surface area contributed by atoms with Crippen molar-refractivity contribution in [1.29, 1.82) is 0 Å². The molecule has 0 aliphatic heterocycles. The Morgan fingerprint density at radius 2 is 1.75 bits per heavy atom. The van der Waals surface area contributed by atoms with Crippen LogP contribution in [-0.4, -0.2) is 16.0 Å². The molecule has 2 aromatic rings. The number of aromatic nitrogens is 2. The molecule has 2 aliphatic rings. The molecular formula is C17H21N3. The van der Waals surface area contributed by atoms with Crippen molar-refractivity contribution >= 4 is 16.7 Å². The van der Waals surface area contributed by atoms with E-state index in [0.717, 1.165) is 22.9 Å². The summed E-state index contributed by atoms with van der Waals surface area (Å²) in [7, 11) is 0. The van der Waals surface area contributed by atoms with E-state index < -0.39 is 0 Å². The van der Waals surface area contributed by atoms with E-state index in [1.54, 1.807) is 12.4 Å². The standard InChI is InChI=1S/C17H21N3/c1-2-13(12-4-5-12)10-14(3-1)20-15-6-7-16-17(11-15)19-9-8-18-16/h6-9,11-14,20H,1-5,10H2. The van der Waals surface area contributed by atoms with E-state index in [2.05, 4.69) is 33.5 Å². The molecule has 1 aromatic heterocycles. The molecule has 0 spiro atoms. The summed E-state index contributed by atoms with van der Waals surface area (Å²) in [4.78, 5) is 8.71. The number of hydrogen-bond acceptors (Lipinski definition) is 3. The fourth-order valence-electron chi connectivity index (χ4n) is 3.64.